The molecule has 1 N–H and O–H groups in total. The Labute approximate surface area is 117 Å². The fourth-order valence-electron chi connectivity index (χ4n) is 2.05. The number of nitrogens with zero attached hydrogens (tertiary/aromatic N) is 4. The molecule has 0 aromatic carbocycles. The van der Waals surface area contributed by atoms with Crippen molar-refractivity contribution in [1.29, 1.82) is 0 Å². The van der Waals surface area contributed by atoms with Gasteiger partial charge in [0.15, 0.2) is 0 Å². The molecule has 0 saturated heterocycles. The SMILES string of the molecule is CCN(CCCO)C(=O)Cn1nc(C)c([N+](=O)[O-])c1C. The summed E-state index contributed by atoms with van der Waals surface area (Å²) in [6.45, 7) is 5.96. The van der Waals surface area contributed by atoms with Gasteiger partial charge in [-0.2, -0.15) is 5.10 Å². The number of hydrogen-bond donors (Lipinski definition) is 1. The number of aryl methyl sites for hydroxylation is 1. The van der Waals surface area contributed by atoms with Crippen LogP contribution in [0.3, 0.4) is 0 Å². The highest BCUT2D eigenvalue weighted by Gasteiger charge is 2.23. The van der Waals surface area contributed by atoms with E-state index in [9.17, 15) is 14.9 Å². The van der Waals surface area contributed by atoms with Crippen molar-refractivity contribution in [2.24, 2.45) is 0 Å². The molecule has 8 heteroatoms. The Hall–Kier alpha value is -1.96. The van der Waals surface area contributed by atoms with E-state index in [1.54, 1.807) is 18.7 Å². The van der Waals surface area contributed by atoms with Gasteiger partial charge >= 0.3 is 5.69 Å². The molecule has 0 aliphatic carbocycles. The second-order valence-corrected chi connectivity index (χ2v) is 4.48. The van der Waals surface area contributed by atoms with Crippen LogP contribution in [-0.4, -0.2) is 50.3 Å². The van der Waals surface area contributed by atoms with Gasteiger partial charge in [-0.25, -0.2) is 0 Å². The Morgan fingerprint density at radius 2 is 2.15 bits per heavy atom. The summed E-state index contributed by atoms with van der Waals surface area (Å²) in [4.78, 5) is 24.1. The predicted molar refractivity (Wildman–Crippen MR) is 72.3 cm³/mol. The van der Waals surface area contributed by atoms with Gasteiger partial charge in [0.25, 0.3) is 0 Å². The minimum Gasteiger partial charge on any atom is -0.396 e. The lowest BCUT2D eigenvalue weighted by molar-refractivity contribution is -0.386. The number of carbonyl (C=O) groups excluding carboxylic acids is 1. The van der Waals surface area contributed by atoms with Gasteiger partial charge in [-0.05, 0) is 27.2 Å². The molecule has 1 aromatic rings. The minimum atomic E-state index is -0.484. The van der Waals surface area contributed by atoms with Gasteiger partial charge in [0.1, 0.15) is 17.9 Å². The molecule has 0 fully saturated rings. The fraction of sp³-hybridized carbons (Fsp3) is 0.667. The van der Waals surface area contributed by atoms with Gasteiger partial charge in [0.2, 0.25) is 5.91 Å². The summed E-state index contributed by atoms with van der Waals surface area (Å²) in [7, 11) is 0. The van der Waals surface area contributed by atoms with Gasteiger partial charge in [0, 0.05) is 19.7 Å². The molecule has 1 amide bonds. The van der Waals surface area contributed by atoms with Crippen molar-refractivity contribution in [1.82, 2.24) is 14.7 Å². The van der Waals surface area contributed by atoms with E-state index in [2.05, 4.69) is 5.10 Å². The van der Waals surface area contributed by atoms with Crippen LogP contribution < -0.4 is 0 Å². The van der Waals surface area contributed by atoms with Crippen molar-refractivity contribution >= 4 is 11.6 Å². The lowest BCUT2D eigenvalue weighted by atomic mass is 10.3. The molecule has 0 unspecified atom stereocenters. The van der Waals surface area contributed by atoms with E-state index in [0.29, 0.717) is 30.9 Å². The first kappa shape index (κ1) is 16.1. The zero-order valence-electron chi connectivity index (χ0n) is 12.0. The Kier molecular flexibility index (Phi) is 5.63. The molecule has 1 rings (SSSR count). The van der Waals surface area contributed by atoms with Crippen molar-refractivity contribution in [3.63, 3.8) is 0 Å². The second-order valence-electron chi connectivity index (χ2n) is 4.48. The first-order valence-electron chi connectivity index (χ1n) is 6.49. The number of aliphatic hydroxyl groups is 1. The zero-order chi connectivity index (χ0) is 15.3. The maximum atomic E-state index is 12.1. The number of likely N-dealkylation sites (N-methyl/N-ethyl adjacent to an activating group) is 1. The van der Waals surface area contributed by atoms with Gasteiger partial charge in [-0.15, -0.1) is 0 Å². The van der Waals surface area contributed by atoms with Crippen molar-refractivity contribution in [3.8, 4) is 0 Å². The number of aliphatic hydroxyl groups excluding tert-OH is 1. The van der Waals surface area contributed by atoms with Crippen LogP contribution in [0.2, 0.25) is 0 Å². The van der Waals surface area contributed by atoms with Gasteiger partial charge in [-0.3, -0.25) is 19.6 Å². The highest BCUT2D eigenvalue weighted by molar-refractivity contribution is 5.76. The van der Waals surface area contributed by atoms with Crippen molar-refractivity contribution in [3.05, 3.63) is 21.5 Å². The number of rotatable bonds is 7. The molecule has 8 nitrogen and oxygen atoms in total. The van der Waals surface area contributed by atoms with Crippen LogP contribution in [0.5, 0.6) is 0 Å². The first-order valence-corrected chi connectivity index (χ1v) is 6.49. The van der Waals surface area contributed by atoms with Crippen LogP contribution in [0.4, 0.5) is 5.69 Å². The van der Waals surface area contributed by atoms with Crippen LogP contribution in [-0.2, 0) is 11.3 Å². The third-order valence-electron chi connectivity index (χ3n) is 3.13. The lowest BCUT2D eigenvalue weighted by Gasteiger charge is -2.20. The molecule has 0 aliphatic rings. The third kappa shape index (κ3) is 3.53. The van der Waals surface area contributed by atoms with Crippen LogP contribution in [0.25, 0.3) is 0 Å². The largest absolute Gasteiger partial charge is 0.396 e. The summed E-state index contributed by atoms with van der Waals surface area (Å²) in [5.74, 6) is -0.165. The molecule has 112 valence electrons. The predicted octanol–water partition coefficient (Wildman–Crippen LogP) is 0.639. The molecule has 0 bridgehead atoms. The van der Waals surface area contributed by atoms with E-state index in [0.717, 1.165) is 0 Å². The summed E-state index contributed by atoms with van der Waals surface area (Å²) in [5.41, 5.74) is 0.633. The molecule has 1 aromatic heterocycles. The van der Waals surface area contributed by atoms with Crippen molar-refractivity contribution in [2.45, 2.75) is 33.7 Å². The first-order chi connectivity index (χ1) is 9.42. The van der Waals surface area contributed by atoms with Gasteiger partial charge in [0.05, 0.1) is 4.92 Å². The summed E-state index contributed by atoms with van der Waals surface area (Å²) in [6.07, 6.45) is 0.511. The van der Waals surface area contributed by atoms with Crippen molar-refractivity contribution < 1.29 is 14.8 Å². The summed E-state index contributed by atoms with van der Waals surface area (Å²) >= 11 is 0. The van der Waals surface area contributed by atoms with Gasteiger partial charge < -0.3 is 10.0 Å². The van der Waals surface area contributed by atoms with Crippen molar-refractivity contribution in [2.75, 3.05) is 19.7 Å². The minimum absolute atomic E-state index is 0.0230. The molecule has 0 atom stereocenters. The molecule has 0 spiro atoms. The number of carbonyl (C=O) groups is 1. The van der Waals surface area contributed by atoms with Gasteiger partial charge in [-0.1, -0.05) is 0 Å². The number of aromatic nitrogens is 2. The lowest BCUT2D eigenvalue weighted by Crippen LogP contribution is -2.35. The molecular weight excluding hydrogens is 264 g/mol. The van der Waals surface area contributed by atoms with E-state index < -0.39 is 4.92 Å². The Balaban J connectivity index is 2.85. The molecule has 0 aliphatic heterocycles. The van der Waals surface area contributed by atoms with E-state index >= 15 is 0 Å². The number of amides is 1. The molecule has 20 heavy (non-hydrogen) atoms. The van der Waals surface area contributed by atoms with E-state index in [4.69, 9.17) is 5.11 Å². The standard InChI is InChI=1S/C12H20N4O4/c1-4-14(6-5-7-17)11(18)8-15-10(3)12(16(19)20)9(2)13-15/h17H,4-8H2,1-3H3. The average molecular weight is 284 g/mol. The molecule has 0 saturated carbocycles. The Morgan fingerprint density at radius 3 is 2.60 bits per heavy atom. The average Bonchev–Trinajstić information content (AvgIpc) is 2.65. The highest BCUT2D eigenvalue weighted by Crippen LogP contribution is 2.21. The molecule has 1 heterocycles. The fourth-order valence-corrected chi connectivity index (χ4v) is 2.05. The molecule has 0 radical (unpaired) electrons. The Morgan fingerprint density at radius 1 is 1.50 bits per heavy atom. The number of hydrogen-bond acceptors (Lipinski definition) is 5. The van der Waals surface area contributed by atoms with E-state index in [1.165, 1.54) is 4.68 Å². The van der Waals surface area contributed by atoms with Crippen LogP contribution in [0.15, 0.2) is 0 Å². The highest BCUT2D eigenvalue weighted by atomic mass is 16.6. The van der Waals surface area contributed by atoms with Crippen LogP contribution >= 0.6 is 0 Å². The van der Waals surface area contributed by atoms with Crippen LogP contribution in [0.1, 0.15) is 24.7 Å². The quantitative estimate of drug-likeness (QED) is 0.584. The zero-order valence-corrected chi connectivity index (χ0v) is 12.0. The maximum Gasteiger partial charge on any atom is 0.312 e. The normalized spacial score (nSPS) is 10.6. The molecular formula is C12H20N4O4. The van der Waals surface area contributed by atoms with E-state index in [-0.39, 0.29) is 24.7 Å². The third-order valence-corrected chi connectivity index (χ3v) is 3.13. The second kappa shape index (κ2) is 6.99. The van der Waals surface area contributed by atoms with Crippen LogP contribution in [0, 0.1) is 24.0 Å². The Bertz CT molecular complexity index is 498. The maximum absolute atomic E-state index is 12.1. The smallest absolute Gasteiger partial charge is 0.312 e. The summed E-state index contributed by atoms with van der Waals surface area (Å²) in [5, 5.41) is 23.7. The van der Waals surface area contributed by atoms with E-state index in [1.807, 2.05) is 6.92 Å². The topological polar surface area (TPSA) is 102 Å². The summed E-state index contributed by atoms with van der Waals surface area (Å²) < 4.78 is 1.36. The number of nitro groups is 1. The summed E-state index contributed by atoms with van der Waals surface area (Å²) in [6, 6.07) is 0. The monoisotopic (exact) mass is 284 g/mol.